The average Bonchev–Trinajstić information content (AvgIpc) is 2.74. The van der Waals surface area contributed by atoms with E-state index < -0.39 is 0 Å². The number of methoxy groups -OCH3 is 3. The summed E-state index contributed by atoms with van der Waals surface area (Å²) in [6.45, 7) is 0.650. The highest BCUT2D eigenvalue weighted by molar-refractivity contribution is 5.65. The Balaban J connectivity index is 1.64. The summed E-state index contributed by atoms with van der Waals surface area (Å²) in [5.41, 5.74) is 1.87. The molecule has 0 saturated heterocycles. The summed E-state index contributed by atoms with van der Waals surface area (Å²) in [6.07, 6.45) is 2.33. The second-order valence-electron chi connectivity index (χ2n) is 5.85. The molecule has 2 N–H and O–H groups in total. The van der Waals surface area contributed by atoms with Crippen LogP contribution in [0.2, 0.25) is 0 Å². The lowest BCUT2D eigenvalue weighted by Gasteiger charge is -2.12. The molecule has 0 amide bonds. The van der Waals surface area contributed by atoms with Crippen molar-refractivity contribution in [3.05, 3.63) is 54.2 Å². The van der Waals surface area contributed by atoms with Gasteiger partial charge >= 0.3 is 0 Å². The Labute approximate surface area is 163 Å². The van der Waals surface area contributed by atoms with E-state index in [1.54, 1.807) is 33.6 Å². The molecule has 2 aromatic carbocycles. The maximum atomic E-state index is 5.39. The van der Waals surface area contributed by atoms with Gasteiger partial charge in [0.05, 0.1) is 33.2 Å². The molecule has 0 spiro atoms. The van der Waals surface area contributed by atoms with Crippen molar-refractivity contribution in [2.24, 2.45) is 0 Å². The number of rotatable bonds is 9. The fraction of sp³-hybridized carbons (Fsp3) is 0.250. The summed E-state index contributed by atoms with van der Waals surface area (Å²) in [5.74, 6) is 3.21. The highest BCUT2D eigenvalue weighted by atomic mass is 16.5. The molecule has 1 heterocycles. The lowest BCUT2D eigenvalue weighted by molar-refractivity contribution is 0.395. The van der Waals surface area contributed by atoms with Gasteiger partial charge in [-0.25, -0.2) is 0 Å². The molecule has 0 aliphatic rings. The maximum absolute atomic E-state index is 5.39. The van der Waals surface area contributed by atoms with Crippen molar-refractivity contribution in [1.82, 2.24) is 15.2 Å². The number of hydrogen-bond donors (Lipinski definition) is 2. The van der Waals surface area contributed by atoms with Crippen molar-refractivity contribution >= 4 is 17.5 Å². The van der Waals surface area contributed by atoms with E-state index in [0.29, 0.717) is 29.8 Å². The Kier molecular flexibility index (Phi) is 6.46. The van der Waals surface area contributed by atoms with Crippen LogP contribution in [0.15, 0.2) is 48.7 Å². The summed E-state index contributed by atoms with van der Waals surface area (Å²) in [4.78, 5) is 4.45. The number of nitrogens with one attached hydrogen (secondary N) is 2. The van der Waals surface area contributed by atoms with Crippen LogP contribution < -0.4 is 24.8 Å². The molecule has 0 aliphatic heterocycles. The Hall–Kier alpha value is -3.55. The summed E-state index contributed by atoms with van der Waals surface area (Å²) < 4.78 is 16.0. The second kappa shape index (κ2) is 9.40. The van der Waals surface area contributed by atoms with Gasteiger partial charge in [-0.15, -0.1) is 5.10 Å². The van der Waals surface area contributed by atoms with Crippen LogP contribution in [-0.4, -0.2) is 43.1 Å². The number of aromatic nitrogens is 3. The van der Waals surface area contributed by atoms with Gasteiger partial charge in [-0.1, -0.05) is 18.2 Å². The standard InChI is InChI=1S/C20H23N5O3/c1-26-15-8-9-16(18(12-15)28-3)23-19-13-22-25-20(24-19)21-11-10-14-6-4-5-7-17(14)27-2/h4-9,12-13H,10-11H2,1-3H3,(H2,21,23,24,25). The van der Waals surface area contributed by atoms with Crippen molar-refractivity contribution < 1.29 is 14.2 Å². The quantitative estimate of drug-likeness (QED) is 0.583. The molecule has 1 aromatic heterocycles. The molecule has 28 heavy (non-hydrogen) atoms. The number of nitrogens with zero attached hydrogens (tertiary/aromatic N) is 3. The van der Waals surface area contributed by atoms with Gasteiger partial charge in [0.15, 0.2) is 5.82 Å². The molecule has 8 nitrogen and oxygen atoms in total. The van der Waals surface area contributed by atoms with Crippen LogP contribution in [-0.2, 0) is 6.42 Å². The topological polar surface area (TPSA) is 90.4 Å². The number of para-hydroxylation sites is 1. The van der Waals surface area contributed by atoms with E-state index in [1.807, 2.05) is 36.4 Å². The largest absolute Gasteiger partial charge is 0.497 e. The first kappa shape index (κ1) is 19.2. The van der Waals surface area contributed by atoms with E-state index in [-0.39, 0.29) is 0 Å². The van der Waals surface area contributed by atoms with E-state index in [9.17, 15) is 0 Å². The van der Waals surface area contributed by atoms with Crippen molar-refractivity contribution in [2.45, 2.75) is 6.42 Å². The van der Waals surface area contributed by atoms with Gasteiger partial charge in [0.2, 0.25) is 5.95 Å². The average molecular weight is 381 g/mol. The van der Waals surface area contributed by atoms with Gasteiger partial charge in [-0.2, -0.15) is 10.1 Å². The zero-order chi connectivity index (χ0) is 19.8. The van der Waals surface area contributed by atoms with Crippen LogP contribution in [0.1, 0.15) is 5.56 Å². The molecule has 3 aromatic rings. The fourth-order valence-electron chi connectivity index (χ4n) is 2.70. The molecule has 0 fully saturated rings. The summed E-state index contributed by atoms with van der Waals surface area (Å²) >= 11 is 0. The predicted octanol–water partition coefficient (Wildman–Crippen LogP) is 3.30. The summed E-state index contributed by atoms with van der Waals surface area (Å²) in [7, 11) is 4.88. The van der Waals surface area contributed by atoms with Crippen LogP contribution in [0.4, 0.5) is 17.5 Å². The number of anilines is 3. The van der Waals surface area contributed by atoms with Gasteiger partial charge in [-0.05, 0) is 30.2 Å². The van der Waals surface area contributed by atoms with Crippen molar-refractivity contribution in [1.29, 1.82) is 0 Å². The highest BCUT2D eigenvalue weighted by Gasteiger charge is 2.08. The maximum Gasteiger partial charge on any atom is 0.244 e. The minimum absolute atomic E-state index is 0.437. The zero-order valence-electron chi connectivity index (χ0n) is 16.1. The van der Waals surface area contributed by atoms with Crippen LogP contribution >= 0.6 is 0 Å². The third kappa shape index (κ3) is 4.79. The highest BCUT2D eigenvalue weighted by Crippen LogP contribution is 2.30. The van der Waals surface area contributed by atoms with Crippen molar-refractivity contribution in [2.75, 3.05) is 38.5 Å². The Morgan fingerprint density at radius 3 is 2.54 bits per heavy atom. The van der Waals surface area contributed by atoms with E-state index >= 15 is 0 Å². The first-order valence-electron chi connectivity index (χ1n) is 8.78. The molecule has 3 rings (SSSR count). The monoisotopic (exact) mass is 381 g/mol. The number of benzene rings is 2. The second-order valence-corrected chi connectivity index (χ2v) is 5.85. The zero-order valence-corrected chi connectivity index (χ0v) is 16.1. The third-order valence-corrected chi connectivity index (χ3v) is 4.10. The SMILES string of the molecule is COc1ccc(Nc2cnnc(NCCc3ccccc3OC)n2)c(OC)c1. The molecule has 0 atom stereocenters. The number of hydrogen-bond acceptors (Lipinski definition) is 8. The molecular weight excluding hydrogens is 358 g/mol. The molecule has 8 heteroatoms. The molecule has 0 bridgehead atoms. The number of ether oxygens (including phenoxy) is 3. The van der Waals surface area contributed by atoms with Gasteiger partial charge in [0.25, 0.3) is 0 Å². The lowest BCUT2D eigenvalue weighted by Crippen LogP contribution is -2.10. The van der Waals surface area contributed by atoms with Gasteiger partial charge < -0.3 is 24.8 Å². The smallest absolute Gasteiger partial charge is 0.244 e. The molecule has 0 unspecified atom stereocenters. The molecular formula is C20H23N5O3. The Morgan fingerprint density at radius 2 is 1.75 bits per heavy atom. The van der Waals surface area contributed by atoms with Gasteiger partial charge in [0, 0.05) is 12.6 Å². The van der Waals surface area contributed by atoms with Crippen LogP contribution in [0.5, 0.6) is 17.2 Å². The van der Waals surface area contributed by atoms with Crippen LogP contribution in [0.25, 0.3) is 0 Å². The van der Waals surface area contributed by atoms with Crippen LogP contribution in [0, 0.1) is 0 Å². The van der Waals surface area contributed by atoms with E-state index in [1.165, 1.54) is 0 Å². The minimum Gasteiger partial charge on any atom is -0.497 e. The van der Waals surface area contributed by atoms with Gasteiger partial charge in [0.1, 0.15) is 17.2 Å². The fourth-order valence-corrected chi connectivity index (χ4v) is 2.70. The van der Waals surface area contributed by atoms with Crippen molar-refractivity contribution in [3.8, 4) is 17.2 Å². The summed E-state index contributed by atoms with van der Waals surface area (Å²) in [6, 6.07) is 13.4. The molecule has 146 valence electrons. The third-order valence-electron chi connectivity index (χ3n) is 4.10. The van der Waals surface area contributed by atoms with Crippen molar-refractivity contribution in [3.63, 3.8) is 0 Å². The minimum atomic E-state index is 0.437. The first-order chi connectivity index (χ1) is 13.7. The Morgan fingerprint density at radius 1 is 0.929 bits per heavy atom. The molecule has 0 radical (unpaired) electrons. The Bertz CT molecular complexity index is 920. The van der Waals surface area contributed by atoms with E-state index in [4.69, 9.17) is 14.2 Å². The molecule has 0 saturated carbocycles. The van der Waals surface area contributed by atoms with Crippen LogP contribution in [0.3, 0.4) is 0 Å². The predicted molar refractivity (Wildman–Crippen MR) is 108 cm³/mol. The van der Waals surface area contributed by atoms with Gasteiger partial charge in [-0.3, -0.25) is 0 Å². The van der Waals surface area contributed by atoms with E-state index in [0.717, 1.165) is 23.4 Å². The summed E-state index contributed by atoms with van der Waals surface area (Å²) in [5, 5.41) is 14.4. The normalized spacial score (nSPS) is 10.2. The molecule has 0 aliphatic carbocycles. The lowest BCUT2D eigenvalue weighted by atomic mass is 10.1. The van der Waals surface area contributed by atoms with E-state index in [2.05, 4.69) is 25.8 Å². The first-order valence-corrected chi connectivity index (χ1v) is 8.78.